The number of aromatic nitrogens is 1. The second kappa shape index (κ2) is 8.80. The van der Waals surface area contributed by atoms with E-state index in [0.717, 1.165) is 10.4 Å². The van der Waals surface area contributed by atoms with Crippen LogP contribution in [-0.2, 0) is 21.2 Å². The first-order chi connectivity index (χ1) is 13.7. The quantitative estimate of drug-likeness (QED) is 0.545. The topological polar surface area (TPSA) is 123 Å². The molecule has 2 heterocycles. The van der Waals surface area contributed by atoms with E-state index in [0.29, 0.717) is 30.5 Å². The molecular weight excluding hydrogens is 416 g/mol. The predicted octanol–water partition coefficient (Wildman–Crippen LogP) is 2.41. The van der Waals surface area contributed by atoms with Crippen LogP contribution in [-0.4, -0.2) is 53.7 Å². The van der Waals surface area contributed by atoms with E-state index in [-0.39, 0.29) is 23.1 Å². The van der Waals surface area contributed by atoms with Gasteiger partial charge in [-0.3, -0.25) is 19.8 Å². The monoisotopic (exact) mass is 436 g/mol. The lowest BCUT2D eigenvalue weighted by molar-refractivity contribution is -0.384. The Balaban J connectivity index is 1.79. The van der Waals surface area contributed by atoms with Crippen molar-refractivity contribution in [3.05, 3.63) is 50.5 Å². The number of nitrogens with one attached hydrogen (secondary N) is 1. The van der Waals surface area contributed by atoms with Gasteiger partial charge in [0.25, 0.3) is 5.69 Å². The lowest BCUT2D eigenvalue weighted by Crippen LogP contribution is -2.39. The summed E-state index contributed by atoms with van der Waals surface area (Å²) < 4.78 is 23.3. The molecule has 1 aliphatic rings. The molecule has 0 atom stereocenters. The Morgan fingerprint density at radius 1 is 1.28 bits per heavy atom. The average molecular weight is 437 g/mol. The van der Waals surface area contributed by atoms with Gasteiger partial charge in [0.1, 0.15) is 0 Å². The van der Waals surface area contributed by atoms with E-state index in [9.17, 15) is 23.3 Å². The van der Waals surface area contributed by atoms with Crippen molar-refractivity contribution in [3.63, 3.8) is 0 Å². The minimum absolute atomic E-state index is 0.0180. The fraction of sp³-hybridized carbons (Fsp3) is 0.333. The van der Waals surface area contributed by atoms with Gasteiger partial charge < -0.3 is 5.32 Å². The van der Waals surface area contributed by atoms with Crippen molar-refractivity contribution in [1.82, 2.24) is 9.88 Å². The van der Waals surface area contributed by atoms with Crippen molar-refractivity contribution in [2.45, 2.75) is 13.5 Å². The molecule has 1 fully saturated rings. The minimum Gasteiger partial charge on any atom is -0.302 e. The van der Waals surface area contributed by atoms with Crippen molar-refractivity contribution in [3.8, 4) is 0 Å². The van der Waals surface area contributed by atoms with E-state index >= 15 is 0 Å². The Labute approximate surface area is 172 Å². The van der Waals surface area contributed by atoms with Gasteiger partial charge >= 0.3 is 0 Å². The fourth-order valence-electron chi connectivity index (χ4n) is 2.80. The van der Waals surface area contributed by atoms with Crippen molar-refractivity contribution in [2.75, 3.05) is 29.9 Å². The van der Waals surface area contributed by atoms with Crippen LogP contribution >= 0.6 is 11.3 Å². The standard InChI is InChI=1S/C18H20N4O5S2/c1-13(23)19-18-20-16(7-4-14-2-5-15(6-3-14)22(24)25)17(28-18)12-21-8-10-29(26,27)11-9-21/h2-7H,8-12H2,1H3,(H,19,20,23). The maximum absolute atomic E-state index is 11.6. The number of benzene rings is 1. The molecule has 11 heteroatoms. The molecule has 1 aliphatic heterocycles. The highest BCUT2D eigenvalue weighted by molar-refractivity contribution is 7.91. The molecule has 1 amide bonds. The van der Waals surface area contributed by atoms with Gasteiger partial charge in [0.15, 0.2) is 15.0 Å². The average Bonchev–Trinajstić information content (AvgIpc) is 3.02. The summed E-state index contributed by atoms with van der Waals surface area (Å²) in [6.07, 6.45) is 3.58. The third-order valence-electron chi connectivity index (χ3n) is 4.35. The first-order valence-corrected chi connectivity index (χ1v) is 11.5. The second-order valence-corrected chi connectivity index (χ2v) is 10.0. The van der Waals surface area contributed by atoms with E-state index in [2.05, 4.69) is 15.2 Å². The second-order valence-electron chi connectivity index (χ2n) is 6.62. The number of anilines is 1. The molecule has 0 unspecified atom stereocenters. The molecule has 0 bridgehead atoms. The van der Waals surface area contributed by atoms with Crippen LogP contribution in [0.25, 0.3) is 12.2 Å². The first kappa shape index (κ1) is 21.1. The first-order valence-electron chi connectivity index (χ1n) is 8.84. The Morgan fingerprint density at radius 3 is 2.52 bits per heavy atom. The summed E-state index contributed by atoms with van der Waals surface area (Å²) in [5.74, 6) is 0.0525. The molecule has 2 aromatic rings. The zero-order valence-corrected chi connectivity index (χ0v) is 17.3. The van der Waals surface area contributed by atoms with Gasteiger partial charge in [-0.05, 0) is 23.8 Å². The van der Waals surface area contributed by atoms with E-state index in [4.69, 9.17) is 0 Å². The van der Waals surface area contributed by atoms with Crippen molar-refractivity contribution >= 4 is 50.1 Å². The predicted molar refractivity (Wildman–Crippen MR) is 112 cm³/mol. The number of thiazole rings is 1. The molecule has 9 nitrogen and oxygen atoms in total. The van der Waals surface area contributed by atoms with E-state index in [1.165, 1.54) is 30.4 Å². The molecule has 0 radical (unpaired) electrons. The number of hydrogen-bond acceptors (Lipinski definition) is 8. The highest BCUT2D eigenvalue weighted by atomic mass is 32.2. The van der Waals surface area contributed by atoms with Gasteiger partial charge in [0, 0.05) is 43.6 Å². The third kappa shape index (κ3) is 5.92. The number of nitrogens with zero attached hydrogens (tertiary/aromatic N) is 3. The van der Waals surface area contributed by atoms with Crippen LogP contribution in [0.15, 0.2) is 24.3 Å². The van der Waals surface area contributed by atoms with Crippen LogP contribution in [0.1, 0.15) is 23.1 Å². The molecular formula is C18H20N4O5S2. The van der Waals surface area contributed by atoms with Gasteiger partial charge in [-0.2, -0.15) is 0 Å². The maximum Gasteiger partial charge on any atom is 0.269 e. The zero-order chi connectivity index (χ0) is 21.0. The van der Waals surface area contributed by atoms with Gasteiger partial charge in [-0.25, -0.2) is 13.4 Å². The van der Waals surface area contributed by atoms with Crippen LogP contribution in [0.2, 0.25) is 0 Å². The Bertz CT molecular complexity index is 1030. The number of carbonyl (C=O) groups is 1. The molecule has 29 heavy (non-hydrogen) atoms. The van der Waals surface area contributed by atoms with E-state index in [1.807, 2.05) is 0 Å². The number of sulfone groups is 1. The SMILES string of the molecule is CC(=O)Nc1nc(C=Cc2ccc([N+](=O)[O-])cc2)c(CN2CCS(=O)(=O)CC2)s1. The number of nitro benzene ring substituents is 1. The van der Waals surface area contributed by atoms with Crippen LogP contribution < -0.4 is 5.32 Å². The van der Waals surface area contributed by atoms with E-state index < -0.39 is 14.8 Å². The lowest BCUT2D eigenvalue weighted by atomic mass is 10.2. The largest absolute Gasteiger partial charge is 0.302 e. The van der Waals surface area contributed by atoms with Crippen LogP contribution in [0.5, 0.6) is 0 Å². The Morgan fingerprint density at radius 2 is 1.93 bits per heavy atom. The number of nitro groups is 1. The summed E-state index contributed by atoms with van der Waals surface area (Å²) in [6.45, 7) is 2.86. The van der Waals surface area contributed by atoms with Gasteiger partial charge in [-0.15, -0.1) is 0 Å². The molecule has 1 N–H and O–H groups in total. The number of rotatable bonds is 6. The van der Waals surface area contributed by atoms with Crippen LogP contribution in [0.4, 0.5) is 10.8 Å². The summed E-state index contributed by atoms with van der Waals surface area (Å²) in [5.41, 5.74) is 1.47. The zero-order valence-electron chi connectivity index (χ0n) is 15.7. The highest BCUT2D eigenvalue weighted by Gasteiger charge is 2.23. The number of non-ortho nitro benzene ring substituents is 1. The number of carbonyl (C=O) groups excluding carboxylic acids is 1. The summed E-state index contributed by atoms with van der Waals surface area (Å²) in [6, 6.07) is 6.15. The maximum atomic E-state index is 11.6. The molecule has 0 spiro atoms. The molecule has 0 saturated carbocycles. The Hall–Kier alpha value is -2.63. The number of hydrogen-bond donors (Lipinski definition) is 1. The summed E-state index contributed by atoms with van der Waals surface area (Å²) in [7, 11) is -2.96. The molecule has 0 aliphatic carbocycles. The minimum atomic E-state index is -2.96. The van der Waals surface area contributed by atoms with Gasteiger partial charge in [0.2, 0.25) is 5.91 Å². The van der Waals surface area contributed by atoms with Crippen molar-refractivity contribution in [2.24, 2.45) is 0 Å². The number of amides is 1. The molecule has 3 rings (SSSR count). The highest BCUT2D eigenvalue weighted by Crippen LogP contribution is 2.27. The van der Waals surface area contributed by atoms with Crippen molar-refractivity contribution in [1.29, 1.82) is 0 Å². The lowest BCUT2D eigenvalue weighted by Gasteiger charge is -2.25. The summed E-state index contributed by atoms with van der Waals surface area (Å²) in [4.78, 5) is 29.1. The molecule has 1 saturated heterocycles. The van der Waals surface area contributed by atoms with Crippen molar-refractivity contribution < 1.29 is 18.1 Å². The molecule has 1 aromatic carbocycles. The van der Waals surface area contributed by atoms with E-state index in [1.54, 1.807) is 24.3 Å². The van der Waals surface area contributed by atoms with Crippen LogP contribution in [0, 0.1) is 10.1 Å². The molecule has 1 aromatic heterocycles. The summed E-state index contributed by atoms with van der Waals surface area (Å²) >= 11 is 1.35. The summed E-state index contributed by atoms with van der Waals surface area (Å²) in [5, 5.41) is 13.9. The third-order valence-corrected chi connectivity index (χ3v) is 6.93. The van der Waals surface area contributed by atoms with Crippen LogP contribution in [0.3, 0.4) is 0 Å². The van der Waals surface area contributed by atoms with Gasteiger partial charge in [-0.1, -0.05) is 17.4 Å². The Kier molecular flexibility index (Phi) is 6.40. The van der Waals surface area contributed by atoms with Gasteiger partial charge in [0.05, 0.1) is 22.1 Å². The smallest absolute Gasteiger partial charge is 0.269 e. The normalized spacial score (nSPS) is 16.7. The fourth-order valence-corrected chi connectivity index (χ4v) is 5.12. The molecule has 154 valence electrons.